The third-order valence-electron chi connectivity index (χ3n) is 3.16. The van der Waals surface area contributed by atoms with Crippen molar-refractivity contribution in [1.29, 1.82) is 0 Å². The second-order valence-electron chi connectivity index (χ2n) is 4.36. The SMILES string of the molecule is CNCC1CCCC1Oc1ccc(F)cc1. The first-order chi connectivity index (χ1) is 7.79. The van der Waals surface area contributed by atoms with Crippen LogP contribution in [0.15, 0.2) is 24.3 Å². The van der Waals surface area contributed by atoms with Crippen molar-refractivity contribution in [3.8, 4) is 5.75 Å². The average molecular weight is 223 g/mol. The maximum Gasteiger partial charge on any atom is 0.123 e. The van der Waals surface area contributed by atoms with Crippen molar-refractivity contribution in [3.05, 3.63) is 30.1 Å². The first kappa shape index (κ1) is 11.4. The topological polar surface area (TPSA) is 21.3 Å². The number of rotatable bonds is 4. The van der Waals surface area contributed by atoms with Crippen molar-refractivity contribution in [2.24, 2.45) is 5.92 Å². The van der Waals surface area contributed by atoms with Crippen LogP contribution in [-0.2, 0) is 0 Å². The lowest BCUT2D eigenvalue weighted by molar-refractivity contribution is 0.158. The lowest BCUT2D eigenvalue weighted by atomic mass is 10.1. The molecular weight excluding hydrogens is 205 g/mol. The van der Waals surface area contributed by atoms with E-state index < -0.39 is 0 Å². The fourth-order valence-electron chi connectivity index (χ4n) is 2.34. The summed E-state index contributed by atoms with van der Waals surface area (Å²) in [4.78, 5) is 0. The molecule has 0 heterocycles. The predicted octanol–water partition coefficient (Wildman–Crippen LogP) is 2.59. The summed E-state index contributed by atoms with van der Waals surface area (Å²) in [7, 11) is 1.97. The van der Waals surface area contributed by atoms with E-state index in [0.717, 1.165) is 18.7 Å². The van der Waals surface area contributed by atoms with Gasteiger partial charge in [-0.2, -0.15) is 0 Å². The zero-order valence-corrected chi connectivity index (χ0v) is 9.58. The maximum absolute atomic E-state index is 12.7. The van der Waals surface area contributed by atoms with E-state index >= 15 is 0 Å². The second kappa shape index (κ2) is 5.30. The van der Waals surface area contributed by atoms with E-state index in [1.54, 1.807) is 12.1 Å². The van der Waals surface area contributed by atoms with Gasteiger partial charge >= 0.3 is 0 Å². The van der Waals surface area contributed by atoms with Crippen molar-refractivity contribution in [3.63, 3.8) is 0 Å². The summed E-state index contributed by atoms with van der Waals surface area (Å²) in [6, 6.07) is 6.28. The Kier molecular flexibility index (Phi) is 3.78. The van der Waals surface area contributed by atoms with Crippen LogP contribution in [0.5, 0.6) is 5.75 Å². The predicted molar refractivity (Wildman–Crippen MR) is 62.1 cm³/mol. The van der Waals surface area contributed by atoms with Crippen LogP contribution in [0, 0.1) is 11.7 Å². The molecule has 3 heteroatoms. The molecule has 0 amide bonds. The van der Waals surface area contributed by atoms with Crippen LogP contribution >= 0.6 is 0 Å². The van der Waals surface area contributed by atoms with Gasteiger partial charge in [0.25, 0.3) is 0 Å². The lowest BCUT2D eigenvalue weighted by Crippen LogP contribution is -2.29. The fraction of sp³-hybridized carbons (Fsp3) is 0.538. The molecule has 1 saturated carbocycles. The van der Waals surface area contributed by atoms with Gasteiger partial charge in [-0.05, 0) is 50.6 Å². The molecule has 1 aromatic rings. The molecule has 0 spiro atoms. The van der Waals surface area contributed by atoms with Gasteiger partial charge in [0.2, 0.25) is 0 Å². The molecule has 1 aliphatic rings. The van der Waals surface area contributed by atoms with Gasteiger partial charge < -0.3 is 10.1 Å². The van der Waals surface area contributed by atoms with Crippen molar-refractivity contribution < 1.29 is 9.13 Å². The summed E-state index contributed by atoms with van der Waals surface area (Å²) in [5.41, 5.74) is 0. The largest absolute Gasteiger partial charge is 0.490 e. The standard InChI is InChI=1S/C13H18FNO/c1-15-9-10-3-2-4-13(10)16-12-7-5-11(14)6-8-12/h5-8,10,13,15H,2-4,9H2,1H3. The molecule has 0 aliphatic heterocycles. The minimum absolute atomic E-state index is 0.217. The molecule has 88 valence electrons. The molecule has 2 nitrogen and oxygen atoms in total. The molecule has 2 atom stereocenters. The Balaban J connectivity index is 1.95. The summed E-state index contributed by atoms with van der Waals surface area (Å²) < 4.78 is 18.6. The Labute approximate surface area is 95.8 Å². The Morgan fingerprint density at radius 2 is 2.06 bits per heavy atom. The Bertz CT molecular complexity index is 325. The molecule has 1 fully saturated rings. The number of benzene rings is 1. The molecule has 0 aromatic heterocycles. The summed E-state index contributed by atoms with van der Waals surface area (Å²) in [5.74, 6) is 1.13. The molecular formula is C13H18FNO. The van der Waals surface area contributed by atoms with Gasteiger partial charge in [-0.15, -0.1) is 0 Å². The van der Waals surface area contributed by atoms with E-state index in [9.17, 15) is 4.39 Å². The molecule has 1 N–H and O–H groups in total. The molecule has 2 rings (SSSR count). The van der Waals surface area contributed by atoms with Crippen LogP contribution in [-0.4, -0.2) is 19.7 Å². The Hall–Kier alpha value is -1.09. The van der Waals surface area contributed by atoms with Crippen LogP contribution in [0.4, 0.5) is 4.39 Å². The lowest BCUT2D eigenvalue weighted by Gasteiger charge is -2.20. The third-order valence-corrected chi connectivity index (χ3v) is 3.16. The minimum atomic E-state index is -0.217. The van der Waals surface area contributed by atoms with Gasteiger partial charge in [0.15, 0.2) is 0 Å². The minimum Gasteiger partial charge on any atom is -0.490 e. The van der Waals surface area contributed by atoms with Crippen LogP contribution in [0.25, 0.3) is 0 Å². The van der Waals surface area contributed by atoms with Gasteiger partial charge in [-0.3, -0.25) is 0 Å². The molecule has 1 aromatic carbocycles. The van der Waals surface area contributed by atoms with Gasteiger partial charge in [-0.25, -0.2) is 4.39 Å². The van der Waals surface area contributed by atoms with E-state index in [4.69, 9.17) is 4.74 Å². The van der Waals surface area contributed by atoms with Gasteiger partial charge in [0.05, 0.1) is 0 Å². The number of hydrogen-bond acceptors (Lipinski definition) is 2. The van der Waals surface area contributed by atoms with Crippen molar-refractivity contribution in [1.82, 2.24) is 5.32 Å². The van der Waals surface area contributed by atoms with E-state index in [1.165, 1.54) is 25.0 Å². The zero-order valence-electron chi connectivity index (χ0n) is 9.58. The second-order valence-corrected chi connectivity index (χ2v) is 4.36. The highest BCUT2D eigenvalue weighted by Gasteiger charge is 2.28. The van der Waals surface area contributed by atoms with E-state index in [-0.39, 0.29) is 11.9 Å². The van der Waals surface area contributed by atoms with Crippen LogP contribution in [0.1, 0.15) is 19.3 Å². The molecule has 2 unspecified atom stereocenters. The van der Waals surface area contributed by atoms with Crippen molar-refractivity contribution in [2.45, 2.75) is 25.4 Å². The number of nitrogens with one attached hydrogen (secondary N) is 1. The molecule has 0 radical (unpaired) electrons. The summed E-state index contributed by atoms with van der Waals surface area (Å²) >= 11 is 0. The van der Waals surface area contributed by atoms with Crippen molar-refractivity contribution in [2.75, 3.05) is 13.6 Å². The zero-order chi connectivity index (χ0) is 11.4. The quantitative estimate of drug-likeness (QED) is 0.847. The highest BCUT2D eigenvalue weighted by atomic mass is 19.1. The highest BCUT2D eigenvalue weighted by molar-refractivity contribution is 5.22. The van der Waals surface area contributed by atoms with Crippen molar-refractivity contribution >= 4 is 0 Å². The van der Waals surface area contributed by atoms with Crippen LogP contribution in [0.2, 0.25) is 0 Å². The number of hydrogen-bond donors (Lipinski definition) is 1. The Morgan fingerprint density at radius 3 is 2.75 bits per heavy atom. The normalized spacial score (nSPS) is 24.6. The highest BCUT2D eigenvalue weighted by Crippen LogP contribution is 2.29. The van der Waals surface area contributed by atoms with E-state index in [0.29, 0.717) is 5.92 Å². The fourth-order valence-corrected chi connectivity index (χ4v) is 2.34. The first-order valence-electron chi connectivity index (χ1n) is 5.86. The third kappa shape index (κ3) is 2.73. The summed E-state index contributed by atoms with van der Waals surface area (Å²) in [6.07, 6.45) is 3.81. The van der Waals surface area contributed by atoms with Crippen LogP contribution in [0.3, 0.4) is 0 Å². The van der Waals surface area contributed by atoms with Gasteiger partial charge in [0.1, 0.15) is 17.7 Å². The molecule has 16 heavy (non-hydrogen) atoms. The molecule has 1 aliphatic carbocycles. The molecule has 0 bridgehead atoms. The van der Waals surface area contributed by atoms with Gasteiger partial charge in [-0.1, -0.05) is 0 Å². The summed E-state index contributed by atoms with van der Waals surface area (Å²) in [5, 5.41) is 3.19. The monoisotopic (exact) mass is 223 g/mol. The maximum atomic E-state index is 12.7. The summed E-state index contributed by atoms with van der Waals surface area (Å²) in [6.45, 7) is 0.992. The smallest absolute Gasteiger partial charge is 0.123 e. The van der Waals surface area contributed by atoms with E-state index in [2.05, 4.69) is 5.32 Å². The number of halogens is 1. The Morgan fingerprint density at radius 1 is 1.31 bits per heavy atom. The van der Waals surface area contributed by atoms with Crippen LogP contribution < -0.4 is 10.1 Å². The van der Waals surface area contributed by atoms with E-state index in [1.807, 2.05) is 7.05 Å². The number of ether oxygens (including phenoxy) is 1. The van der Waals surface area contributed by atoms with Gasteiger partial charge in [0, 0.05) is 12.5 Å². The first-order valence-corrected chi connectivity index (χ1v) is 5.86. The molecule has 0 saturated heterocycles. The average Bonchev–Trinajstić information content (AvgIpc) is 2.70.